The molecule has 2 amide bonds. The van der Waals surface area contributed by atoms with Gasteiger partial charge in [0.15, 0.2) is 0 Å². The molecule has 0 aromatic heterocycles. The number of rotatable bonds is 1. The highest BCUT2D eigenvalue weighted by Crippen LogP contribution is 2.50. The standard InChI is InChI=1S/C20H23F3N2O3/c1-19(2,3)28-18(27)25-10-9-24-16(15(25)11-7-8-11)12-5-4-6-13(20(21,22)23)14(12)17(24)26/h4-6,11,15-16H,7-10H2,1-3H3. The highest BCUT2D eigenvalue weighted by molar-refractivity contribution is 6.01. The van der Waals surface area contributed by atoms with Crippen LogP contribution >= 0.6 is 0 Å². The van der Waals surface area contributed by atoms with Crippen LogP contribution in [0.3, 0.4) is 0 Å². The number of hydrogen-bond acceptors (Lipinski definition) is 3. The normalized spacial score (nSPS) is 24.9. The van der Waals surface area contributed by atoms with Gasteiger partial charge in [0.1, 0.15) is 5.60 Å². The molecule has 0 bridgehead atoms. The van der Waals surface area contributed by atoms with E-state index in [-0.39, 0.29) is 30.6 Å². The lowest BCUT2D eigenvalue weighted by Crippen LogP contribution is -2.57. The Kier molecular flexibility index (Phi) is 4.17. The van der Waals surface area contributed by atoms with E-state index in [1.807, 2.05) is 0 Å². The Morgan fingerprint density at radius 1 is 1.14 bits per heavy atom. The molecule has 1 aromatic rings. The van der Waals surface area contributed by atoms with Crippen molar-refractivity contribution in [3.05, 3.63) is 34.9 Å². The van der Waals surface area contributed by atoms with Gasteiger partial charge < -0.3 is 14.5 Å². The number of alkyl halides is 3. The molecule has 2 aliphatic heterocycles. The van der Waals surface area contributed by atoms with Crippen LogP contribution in [0, 0.1) is 5.92 Å². The minimum atomic E-state index is -4.60. The van der Waals surface area contributed by atoms with E-state index in [1.165, 1.54) is 11.0 Å². The Hall–Kier alpha value is -2.25. The van der Waals surface area contributed by atoms with Crippen LogP contribution in [0.2, 0.25) is 0 Å². The fraction of sp³-hybridized carbons (Fsp3) is 0.600. The predicted octanol–water partition coefficient (Wildman–Crippen LogP) is 4.23. The molecule has 5 nitrogen and oxygen atoms in total. The van der Waals surface area contributed by atoms with Crippen molar-refractivity contribution in [3.8, 4) is 0 Å². The number of hydrogen-bond donors (Lipinski definition) is 0. The number of carbonyl (C=O) groups is 2. The molecule has 152 valence electrons. The zero-order valence-electron chi connectivity index (χ0n) is 16.0. The van der Waals surface area contributed by atoms with Crippen LogP contribution in [-0.4, -0.2) is 46.5 Å². The third-order valence-electron chi connectivity index (χ3n) is 5.53. The van der Waals surface area contributed by atoms with Crippen molar-refractivity contribution in [1.29, 1.82) is 0 Å². The largest absolute Gasteiger partial charge is 0.444 e. The zero-order chi connectivity index (χ0) is 20.4. The summed E-state index contributed by atoms with van der Waals surface area (Å²) in [7, 11) is 0. The minimum absolute atomic E-state index is 0.161. The van der Waals surface area contributed by atoms with E-state index in [0.717, 1.165) is 18.9 Å². The predicted molar refractivity (Wildman–Crippen MR) is 94.7 cm³/mol. The number of amides is 2. The number of halogens is 3. The summed E-state index contributed by atoms with van der Waals surface area (Å²) >= 11 is 0. The Morgan fingerprint density at radius 2 is 1.82 bits per heavy atom. The summed E-state index contributed by atoms with van der Waals surface area (Å²) in [4.78, 5) is 28.8. The zero-order valence-corrected chi connectivity index (χ0v) is 16.0. The van der Waals surface area contributed by atoms with Crippen molar-refractivity contribution in [3.63, 3.8) is 0 Å². The van der Waals surface area contributed by atoms with Gasteiger partial charge in [0.05, 0.1) is 23.2 Å². The summed E-state index contributed by atoms with van der Waals surface area (Å²) in [6.07, 6.45) is -3.31. The first-order valence-electron chi connectivity index (χ1n) is 9.50. The summed E-state index contributed by atoms with van der Waals surface area (Å²) in [5, 5.41) is 0. The average molecular weight is 396 g/mol. The summed E-state index contributed by atoms with van der Waals surface area (Å²) in [5.74, 6) is -0.434. The molecular formula is C20H23F3N2O3. The molecule has 0 spiro atoms. The number of carbonyl (C=O) groups excluding carboxylic acids is 2. The lowest BCUT2D eigenvalue weighted by atomic mass is 9.91. The van der Waals surface area contributed by atoms with E-state index in [0.29, 0.717) is 5.56 Å². The second kappa shape index (κ2) is 6.12. The van der Waals surface area contributed by atoms with E-state index in [9.17, 15) is 22.8 Å². The number of nitrogens with zero attached hydrogens (tertiary/aromatic N) is 2. The highest BCUT2D eigenvalue weighted by atomic mass is 19.4. The molecule has 8 heteroatoms. The van der Waals surface area contributed by atoms with Gasteiger partial charge >= 0.3 is 12.3 Å². The summed E-state index contributed by atoms with van der Waals surface area (Å²) in [6.45, 7) is 5.78. The number of piperazine rings is 1. The Labute approximate surface area is 161 Å². The van der Waals surface area contributed by atoms with Crippen molar-refractivity contribution >= 4 is 12.0 Å². The quantitative estimate of drug-likeness (QED) is 0.714. The minimum Gasteiger partial charge on any atom is -0.444 e. The Morgan fingerprint density at radius 3 is 2.39 bits per heavy atom. The van der Waals surface area contributed by atoms with Crippen molar-refractivity contribution in [1.82, 2.24) is 9.80 Å². The van der Waals surface area contributed by atoms with Gasteiger partial charge in [0.2, 0.25) is 0 Å². The molecule has 4 rings (SSSR count). The Balaban J connectivity index is 1.76. The molecule has 2 unspecified atom stereocenters. The van der Waals surface area contributed by atoms with E-state index >= 15 is 0 Å². The first-order valence-corrected chi connectivity index (χ1v) is 9.50. The lowest BCUT2D eigenvalue weighted by molar-refractivity contribution is -0.137. The first-order chi connectivity index (χ1) is 13.0. The highest BCUT2D eigenvalue weighted by Gasteiger charge is 2.55. The number of fused-ring (bicyclic) bond motifs is 3. The second-order valence-corrected chi connectivity index (χ2v) is 8.71. The van der Waals surface area contributed by atoms with E-state index in [4.69, 9.17) is 4.74 Å². The summed E-state index contributed by atoms with van der Waals surface area (Å²) in [6, 6.07) is 2.96. The van der Waals surface area contributed by atoms with Crippen LogP contribution < -0.4 is 0 Å². The van der Waals surface area contributed by atoms with Gasteiger partial charge in [-0.25, -0.2) is 4.79 Å². The topological polar surface area (TPSA) is 49.9 Å². The van der Waals surface area contributed by atoms with Gasteiger partial charge in [-0.15, -0.1) is 0 Å². The molecule has 0 radical (unpaired) electrons. The fourth-order valence-electron chi connectivity index (χ4n) is 4.36. The molecule has 1 aromatic carbocycles. The van der Waals surface area contributed by atoms with Crippen molar-refractivity contribution in [2.45, 2.75) is 57.5 Å². The van der Waals surface area contributed by atoms with Crippen LogP contribution in [0.25, 0.3) is 0 Å². The summed E-state index contributed by atoms with van der Waals surface area (Å²) < 4.78 is 46.0. The van der Waals surface area contributed by atoms with Crippen molar-refractivity contribution in [2.24, 2.45) is 5.92 Å². The molecule has 1 saturated heterocycles. The maximum Gasteiger partial charge on any atom is 0.417 e. The molecule has 0 N–H and O–H groups in total. The monoisotopic (exact) mass is 396 g/mol. The van der Waals surface area contributed by atoms with Crippen molar-refractivity contribution < 1.29 is 27.5 Å². The van der Waals surface area contributed by atoms with Crippen LogP contribution in [0.4, 0.5) is 18.0 Å². The van der Waals surface area contributed by atoms with Gasteiger partial charge in [0.25, 0.3) is 5.91 Å². The molecule has 28 heavy (non-hydrogen) atoms. The average Bonchev–Trinajstić information content (AvgIpc) is 3.37. The van der Waals surface area contributed by atoms with Crippen LogP contribution in [0.5, 0.6) is 0 Å². The molecular weight excluding hydrogens is 373 g/mol. The summed E-state index contributed by atoms with van der Waals surface area (Å²) in [5.41, 5.74) is -1.47. The van der Waals surface area contributed by atoms with Gasteiger partial charge in [-0.3, -0.25) is 4.79 Å². The van der Waals surface area contributed by atoms with Crippen LogP contribution in [-0.2, 0) is 10.9 Å². The van der Waals surface area contributed by atoms with Gasteiger partial charge in [-0.05, 0) is 51.2 Å². The number of ether oxygens (including phenoxy) is 1. The molecule has 2 heterocycles. The number of benzene rings is 1. The van der Waals surface area contributed by atoms with Gasteiger partial charge in [-0.2, -0.15) is 13.2 Å². The molecule has 1 saturated carbocycles. The van der Waals surface area contributed by atoms with Gasteiger partial charge in [0, 0.05) is 13.1 Å². The van der Waals surface area contributed by atoms with Crippen LogP contribution in [0.1, 0.15) is 61.1 Å². The van der Waals surface area contributed by atoms with E-state index in [2.05, 4.69) is 0 Å². The first kappa shape index (κ1) is 19.1. The van der Waals surface area contributed by atoms with Crippen molar-refractivity contribution in [2.75, 3.05) is 13.1 Å². The third-order valence-corrected chi connectivity index (χ3v) is 5.53. The molecule has 1 aliphatic carbocycles. The molecule has 2 atom stereocenters. The maximum absolute atomic E-state index is 13.5. The lowest BCUT2D eigenvalue weighted by Gasteiger charge is -2.45. The fourth-order valence-corrected chi connectivity index (χ4v) is 4.36. The third kappa shape index (κ3) is 3.12. The molecule has 2 fully saturated rings. The van der Waals surface area contributed by atoms with Gasteiger partial charge in [-0.1, -0.05) is 12.1 Å². The van der Waals surface area contributed by atoms with Crippen LogP contribution in [0.15, 0.2) is 18.2 Å². The molecule has 3 aliphatic rings. The maximum atomic E-state index is 13.5. The smallest absolute Gasteiger partial charge is 0.417 e. The Bertz CT molecular complexity index is 827. The van der Waals surface area contributed by atoms with E-state index < -0.39 is 35.4 Å². The van der Waals surface area contributed by atoms with E-state index in [1.54, 1.807) is 31.7 Å². The SMILES string of the molecule is CC(C)(C)OC(=O)N1CCN2C(=O)c3c(cccc3C(F)(F)F)C2C1C1CC1. The second-order valence-electron chi connectivity index (χ2n) is 8.71.